The molecule has 0 radical (unpaired) electrons. The summed E-state index contributed by atoms with van der Waals surface area (Å²) < 4.78 is 11.2. The Bertz CT molecular complexity index is 1020. The van der Waals surface area contributed by atoms with Crippen LogP contribution in [0, 0.1) is 6.92 Å². The van der Waals surface area contributed by atoms with E-state index in [9.17, 15) is 9.59 Å². The predicted molar refractivity (Wildman–Crippen MR) is 112 cm³/mol. The highest BCUT2D eigenvalue weighted by Gasteiger charge is 2.12. The first kappa shape index (κ1) is 20.2. The Labute approximate surface area is 173 Å². The number of hydrogen-bond donors (Lipinski definition) is 2. The molecule has 0 bridgehead atoms. The van der Waals surface area contributed by atoms with E-state index in [1.165, 1.54) is 12.1 Å². The average Bonchev–Trinajstić information content (AvgIpc) is 2.70. The van der Waals surface area contributed by atoms with Crippen molar-refractivity contribution < 1.29 is 19.1 Å². The number of aryl methyl sites for hydroxylation is 1. The van der Waals surface area contributed by atoms with E-state index in [1.54, 1.807) is 30.3 Å². The van der Waals surface area contributed by atoms with Crippen LogP contribution in [0.2, 0.25) is 5.02 Å². The van der Waals surface area contributed by atoms with Crippen LogP contribution in [0.5, 0.6) is 17.2 Å². The predicted octanol–water partition coefficient (Wildman–Crippen LogP) is 4.56. The number of nitrogens with two attached hydrogens (primary N) is 1. The molecule has 0 saturated carbocycles. The number of halogens is 1. The molecule has 0 unspecified atom stereocenters. The Morgan fingerprint density at radius 1 is 0.966 bits per heavy atom. The summed E-state index contributed by atoms with van der Waals surface area (Å²) in [6.45, 7) is 1.72. The van der Waals surface area contributed by atoms with Crippen molar-refractivity contribution in [3.05, 3.63) is 82.9 Å². The third kappa shape index (κ3) is 5.73. The second-order valence-electron chi connectivity index (χ2n) is 6.28. The van der Waals surface area contributed by atoms with E-state index in [0.717, 1.165) is 11.3 Å². The Morgan fingerprint density at radius 3 is 2.21 bits per heavy atom. The quantitative estimate of drug-likeness (QED) is 0.597. The lowest BCUT2D eigenvalue weighted by Gasteiger charge is -2.11. The van der Waals surface area contributed by atoms with Crippen molar-refractivity contribution in [2.24, 2.45) is 5.73 Å². The van der Waals surface area contributed by atoms with Crippen molar-refractivity contribution >= 4 is 29.1 Å². The van der Waals surface area contributed by atoms with Gasteiger partial charge < -0.3 is 20.5 Å². The molecule has 0 aromatic heterocycles. The maximum atomic E-state index is 12.1. The number of benzene rings is 3. The van der Waals surface area contributed by atoms with Crippen LogP contribution in [-0.2, 0) is 4.79 Å². The second kappa shape index (κ2) is 9.12. The van der Waals surface area contributed by atoms with Crippen molar-refractivity contribution in [3.8, 4) is 17.2 Å². The molecule has 3 aromatic rings. The molecule has 29 heavy (non-hydrogen) atoms. The smallest absolute Gasteiger partial charge is 0.262 e. The number of hydrogen-bond acceptors (Lipinski definition) is 4. The van der Waals surface area contributed by atoms with Crippen LogP contribution in [0.3, 0.4) is 0 Å². The van der Waals surface area contributed by atoms with Crippen LogP contribution in [0.4, 0.5) is 5.69 Å². The van der Waals surface area contributed by atoms with Gasteiger partial charge in [-0.25, -0.2) is 0 Å². The number of carbonyl (C=O) groups is 2. The van der Waals surface area contributed by atoms with Gasteiger partial charge >= 0.3 is 0 Å². The molecule has 0 spiro atoms. The molecule has 0 heterocycles. The summed E-state index contributed by atoms with van der Waals surface area (Å²) >= 11 is 5.85. The van der Waals surface area contributed by atoms with Crippen molar-refractivity contribution in [1.29, 1.82) is 0 Å². The largest absolute Gasteiger partial charge is 0.483 e. The van der Waals surface area contributed by atoms with E-state index < -0.39 is 5.91 Å². The molecule has 3 rings (SSSR count). The molecule has 0 aliphatic carbocycles. The minimum Gasteiger partial charge on any atom is -0.483 e. The molecule has 3 N–H and O–H groups in total. The molecule has 0 aliphatic rings. The number of ether oxygens (including phenoxy) is 2. The number of nitrogens with one attached hydrogen (secondary N) is 1. The highest BCUT2D eigenvalue weighted by atomic mass is 35.5. The summed E-state index contributed by atoms with van der Waals surface area (Å²) in [7, 11) is 0. The minimum atomic E-state index is -0.688. The maximum absolute atomic E-state index is 12.1. The van der Waals surface area contributed by atoms with Gasteiger partial charge in [-0.3, -0.25) is 9.59 Å². The molecule has 7 heteroatoms. The number of amides is 2. The van der Waals surface area contributed by atoms with Gasteiger partial charge in [0.25, 0.3) is 11.8 Å². The van der Waals surface area contributed by atoms with Crippen molar-refractivity contribution in [3.63, 3.8) is 0 Å². The standard InChI is InChI=1S/C22H19ClN2O4/c1-14-2-7-17(8-3-14)29-18-9-5-16(6-10-18)25-21(26)13-28-20-11-4-15(23)12-19(20)22(24)27/h2-12H,13H2,1H3,(H2,24,27)(H,25,26). The van der Waals surface area contributed by atoms with Gasteiger partial charge in [0, 0.05) is 10.7 Å². The fourth-order valence-electron chi connectivity index (χ4n) is 2.51. The Morgan fingerprint density at radius 2 is 1.59 bits per heavy atom. The van der Waals surface area contributed by atoms with E-state index in [-0.39, 0.29) is 23.8 Å². The van der Waals surface area contributed by atoms with Crippen LogP contribution in [0.1, 0.15) is 15.9 Å². The fourth-order valence-corrected chi connectivity index (χ4v) is 2.68. The Kier molecular flexibility index (Phi) is 6.36. The zero-order valence-corrected chi connectivity index (χ0v) is 16.4. The molecule has 3 aromatic carbocycles. The van der Waals surface area contributed by atoms with Gasteiger partial charge in [-0.05, 0) is 61.5 Å². The lowest BCUT2D eigenvalue weighted by Crippen LogP contribution is -2.21. The van der Waals surface area contributed by atoms with Crippen LogP contribution in [0.25, 0.3) is 0 Å². The third-order valence-electron chi connectivity index (χ3n) is 3.96. The molecular weight excluding hydrogens is 392 g/mol. The van der Waals surface area contributed by atoms with Crippen molar-refractivity contribution in [1.82, 2.24) is 0 Å². The number of carbonyl (C=O) groups excluding carboxylic acids is 2. The lowest BCUT2D eigenvalue weighted by molar-refractivity contribution is -0.118. The van der Waals surface area contributed by atoms with Gasteiger partial charge in [-0.2, -0.15) is 0 Å². The van der Waals surface area contributed by atoms with E-state index in [2.05, 4.69) is 5.32 Å². The summed E-state index contributed by atoms with van der Waals surface area (Å²) in [5.74, 6) is 0.498. The summed E-state index contributed by atoms with van der Waals surface area (Å²) in [6.07, 6.45) is 0. The van der Waals surface area contributed by atoms with Crippen LogP contribution in [0.15, 0.2) is 66.7 Å². The van der Waals surface area contributed by atoms with E-state index in [4.69, 9.17) is 26.8 Å². The lowest BCUT2D eigenvalue weighted by atomic mass is 10.2. The molecule has 0 aliphatic heterocycles. The molecule has 0 atom stereocenters. The molecule has 0 fully saturated rings. The minimum absolute atomic E-state index is 0.114. The van der Waals surface area contributed by atoms with Crippen LogP contribution >= 0.6 is 11.6 Å². The fraction of sp³-hybridized carbons (Fsp3) is 0.0909. The van der Waals surface area contributed by atoms with Crippen molar-refractivity contribution in [2.75, 3.05) is 11.9 Å². The summed E-state index contributed by atoms with van der Waals surface area (Å²) in [5, 5.41) is 3.06. The zero-order valence-electron chi connectivity index (χ0n) is 15.6. The molecular formula is C22H19ClN2O4. The second-order valence-corrected chi connectivity index (χ2v) is 6.72. The molecule has 6 nitrogen and oxygen atoms in total. The highest BCUT2D eigenvalue weighted by molar-refractivity contribution is 6.31. The van der Waals surface area contributed by atoms with Crippen LogP contribution in [-0.4, -0.2) is 18.4 Å². The van der Waals surface area contributed by atoms with Gasteiger partial charge in [0.1, 0.15) is 17.2 Å². The van der Waals surface area contributed by atoms with Gasteiger partial charge in [0.05, 0.1) is 5.56 Å². The molecule has 148 valence electrons. The normalized spacial score (nSPS) is 10.3. The van der Waals surface area contributed by atoms with Crippen molar-refractivity contribution in [2.45, 2.75) is 6.92 Å². The number of anilines is 1. The van der Waals surface area contributed by atoms with Gasteiger partial charge in [-0.15, -0.1) is 0 Å². The van der Waals surface area contributed by atoms with Gasteiger partial charge in [0.2, 0.25) is 0 Å². The topological polar surface area (TPSA) is 90.7 Å². The summed E-state index contributed by atoms with van der Waals surface area (Å²) in [4.78, 5) is 23.6. The monoisotopic (exact) mass is 410 g/mol. The maximum Gasteiger partial charge on any atom is 0.262 e. The Hall–Kier alpha value is -3.51. The first-order chi connectivity index (χ1) is 13.9. The van der Waals surface area contributed by atoms with Gasteiger partial charge in [-0.1, -0.05) is 29.3 Å². The van der Waals surface area contributed by atoms with Gasteiger partial charge in [0.15, 0.2) is 6.61 Å². The SMILES string of the molecule is Cc1ccc(Oc2ccc(NC(=O)COc3ccc(Cl)cc3C(N)=O)cc2)cc1. The average molecular weight is 411 g/mol. The van der Waals surface area contributed by atoms with Crippen LogP contribution < -0.4 is 20.5 Å². The first-order valence-corrected chi connectivity index (χ1v) is 9.15. The highest BCUT2D eigenvalue weighted by Crippen LogP contribution is 2.24. The number of primary amides is 1. The first-order valence-electron chi connectivity index (χ1n) is 8.77. The molecule has 0 saturated heterocycles. The van der Waals surface area contributed by atoms with E-state index in [0.29, 0.717) is 16.5 Å². The number of rotatable bonds is 7. The Balaban J connectivity index is 1.56. The van der Waals surface area contributed by atoms with E-state index in [1.807, 2.05) is 31.2 Å². The zero-order chi connectivity index (χ0) is 20.8. The summed E-state index contributed by atoms with van der Waals surface area (Å²) in [6, 6.07) is 19.1. The van der Waals surface area contributed by atoms with E-state index >= 15 is 0 Å². The third-order valence-corrected chi connectivity index (χ3v) is 4.20. The summed E-state index contributed by atoms with van der Waals surface area (Å²) in [5.41, 5.74) is 7.15. The molecule has 2 amide bonds.